The van der Waals surface area contributed by atoms with Gasteiger partial charge in [0.25, 0.3) is 0 Å². The van der Waals surface area contributed by atoms with Crippen LogP contribution in [0.15, 0.2) is 24.3 Å². The first kappa shape index (κ1) is 12.4. The van der Waals surface area contributed by atoms with E-state index in [0.29, 0.717) is 10.6 Å². The highest BCUT2D eigenvalue weighted by Crippen LogP contribution is 2.11. The Morgan fingerprint density at radius 1 is 1.27 bits per heavy atom. The molecule has 2 N–H and O–H groups in total. The van der Waals surface area contributed by atoms with Crippen molar-refractivity contribution in [3.63, 3.8) is 0 Å². The molecule has 0 aromatic heterocycles. The van der Waals surface area contributed by atoms with Gasteiger partial charge in [-0.1, -0.05) is 23.7 Å². The summed E-state index contributed by atoms with van der Waals surface area (Å²) in [7, 11) is -1.59. The Bertz CT molecular complexity index is 403. The third kappa shape index (κ3) is 4.61. The second-order valence-electron chi connectivity index (χ2n) is 3.06. The molecule has 1 aromatic rings. The molecule has 4 nitrogen and oxygen atoms in total. The maximum absolute atomic E-state index is 11.5. The molecule has 0 saturated heterocycles. The fourth-order valence-corrected chi connectivity index (χ4v) is 2.26. The molecule has 84 valence electrons. The smallest absolute Gasteiger partial charge is 0.216 e. The zero-order valence-electron chi connectivity index (χ0n) is 8.33. The molecule has 15 heavy (non-hydrogen) atoms. The molecule has 0 radical (unpaired) electrons. The van der Waals surface area contributed by atoms with Crippen LogP contribution in [-0.2, 0) is 15.8 Å². The summed E-state index contributed by atoms with van der Waals surface area (Å²) in [5.74, 6) is -0.0359. The van der Waals surface area contributed by atoms with Crippen LogP contribution in [0.25, 0.3) is 0 Å². The predicted molar refractivity (Wildman–Crippen MR) is 61.1 cm³/mol. The molecule has 0 amide bonds. The maximum Gasteiger partial charge on any atom is 0.216 e. The molecule has 0 heterocycles. The van der Waals surface area contributed by atoms with Gasteiger partial charge in [0.2, 0.25) is 10.0 Å². The maximum atomic E-state index is 11.5. The van der Waals surface area contributed by atoms with Crippen molar-refractivity contribution in [1.82, 2.24) is 10.0 Å². The third-order valence-electron chi connectivity index (χ3n) is 1.74. The first-order valence-corrected chi connectivity index (χ1v) is 6.43. The van der Waals surface area contributed by atoms with Crippen molar-refractivity contribution in [1.29, 1.82) is 0 Å². The number of hydrogen-bond donors (Lipinski definition) is 2. The lowest BCUT2D eigenvalue weighted by Crippen LogP contribution is -2.32. The van der Waals surface area contributed by atoms with Gasteiger partial charge in [-0.15, -0.1) is 0 Å². The first-order chi connectivity index (χ1) is 7.03. The minimum absolute atomic E-state index is 0.0359. The molecule has 6 heteroatoms. The summed E-state index contributed by atoms with van der Waals surface area (Å²) in [5.41, 5.74) is 0.711. The summed E-state index contributed by atoms with van der Waals surface area (Å²) in [6, 6.07) is 6.73. The molecule has 0 aliphatic rings. The molecular weight excluding hydrogens is 236 g/mol. The van der Waals surface area contributed by atoms with Gasteiger partial charge < -0.3 is 5.32 Å². The number of sulfonamides is 1. The van der Waals surface area contributed by atoms with Crippen LogP contribution in [0, 0.1) is 0 Å². The number of halogens is 1. The van der Waals surface area contributed by atoms with Gasteiger partial charge in [-0.2, -0.15) is 0 Å². The van der Waals surface area contributed by atoms with Crippen molar-refractivity contribution in [2.45, 2.75) is 5.75 Å². The summed E-state index contributed by atoms with van der Waals surface area (Å²) < 4.78 is 25.3. The Kier molecular flexibility index (Phi) is 4.53. The number of nitrogens with one attached hydrogen (secondary N) is 2. The van der Waals surface area contributed by atoms with Gasteiger partial charge in [0.15, 0.2) is 0 Å². The van der Waals surface area contributed by atoms with E-state index in [0.717, 1.165) is 0 Å². The zero-order valence-corrected chi connectivity index (χ0v) is 9.90. The minimum Gasteiger partial charge on any atom is -0.307 e. The molecular formula is C9H13ClN2O2S. The first-order valence-electron chi connectivity index (χ1n) is 4.40. The third-order valence-corrected chi connectivity index (χ3v) is 3.29. The summed E-state index contributed by atoms with van der Waals surface area (Å²) >= 11 is 5.69. The Labute approximate surface area is 94.7 Å². The largest absolute Gasteiger partial charge is 0.307 e. The van der Waals surface area contributed by atoms with Crippen molar-refractivity contribution in [3.05, 3.63) is 34.9 Å². The second kappa shape index (κ2) is 5.46. The summed E-state index contributed by atoms with van der Waals surface area (Å²) in [4.78, 5) is 0. The van der Waals surface area contributed by atoms with Gasteiger partial charge in [0.05, 0.1) is 12.4 Å². The SMILES string of the molecule is CNCNS(=O)(=O)Cc1ccc(Cl)cc1. The van der Waals surface area contributed by atoms with Crippen LogP contribution in [0.5, 0.6) is 0 Å². The molecule has 1 rings (SSSR count). The molecule has 0 fully saturated rings. The summed E-state index contributed by atoms with van der Waals surface area (Å²) in [5, 5.41) is 3.30. The van der Waals surface area contributed by atoms with Crippen LogP contribution in [0.3, 0.4) is 0 Å². The number of rotatable bonds is 5. The fraction of sp³-hybridized carbons (Fsp3) is 0.333. The quantitative estimate of drug-likeness (QED) is 0.763. The van der Waals surface area contributed by atoms with Crippen LogP contribution in [0.1, 0.15) is 5.56 Å². The molecule has 0 spiro atoms. The highest BCUT2D eigenvalue weighted by molar-refractivity contribution is 7.88. The van der Waals surface area contributed by atoms with E-state index in [4.69, 9.17) is 11.6 Å². The van der Waals surface area contributed by atoms with E-state index >= 15 is 0 Å². The molecule has 0 unspecified atom stereocenters. The standard InChI is InChI=1S/C9H13ClN2O2S/c1-11-7-12-15(13,14)6-8-2-4-9(10)5-3-8/h2-5,11-12H,6-7H2,1H3. The lowest BCUT2D eigenvalue weighted by atomic mass is 10.2. The molecule has 1 aromatic carbocycles. The van der Waals surface area contributed by atoms with Crippen LogP contribution < -0.4 is 10.0 Å². The van der Waals surface area contributed by atoms with E-state index in [9.17, 15) is 8.42 Å². The lowest BCUT2D eigenvalue weighted by molar-refractivity contribution is 0.576. The van der Waals surface area contributed by atoms with Crippen molar-refractivity contribution >= 4 is 21.6 Å². The number of hydrogen-bond acceptors (Lipinski definition) is 3. The van der Waals surface area contributed by atoms with E-state index < -0.39 is 10.0 Å². The van der Waals surface area contributed by atoms with E-state index in [1.807, 2.05) is 0 Å². The van der Waals surface area contributed by atoms with Gasteiger partial charge in [-0.05, 0) is 24.7 Å². The van der Waals surface area contributed by atoms with Gasteiger partial charge in [-0.3, -0.25) is 0 Å². The average molecular weight is 249 g/mol. The molecule has 0 aliphatic heterocycles. The van der Waals surface area contributed by atoms with Gasteiger partial charge in [-0.25, -0.2) is 13.1 Å². The van der Waals surface area contributed by atoms with E-state index in [1.165, 1.54) is 0 Å². The summed E-state index contributed by atoms with van der Waals surface area (Å²) in [6.07, 6.45) is 0. The average Bonchev–Trinajstić information content (AvgIpc) is 2.18. The zero-order chi connectivity index (χ0) is 11.3. The Morgan fingerprint density at radius 3 is 2.40 bits per heavy atom. The Hall–Kier alpha value is -0.620. The van der Waals surface area contributed by atoms with Crippen LogP contribution in [0.2, 0.25) is 5.02 Å². The molecule has 0 saturated carbocycles. The van der Waals surface area contributed by atoms with Crippen molar-refractivity contribution in [2.24, 2.45) is 0 Å². The topological polar surface area (TPSA) is 58.2 Å². The number of benzene rings is 1. The predicted octanol–water partition coefficient (Wildman–Crippen LogP) is 0.936. The normalized spacial score (nSPS) is 11.6. The van der Waals surface area contributed by atoms with E-state index in [-0.39, 0.29) is 12.4 Å². The highest BCUT2D eigenvalue weighted by Gasteiger charge is 2.09. The van der Waals surface area contributed by atoms with Gasteiger partial charge >= 0.3 is 0 Å². The molecule has 0 atom stereocenters. The Morgan fingerprint density at radius 2 is 1.87 bits per heavy atom. The van der Waals surface area contributed by atoms with Gasteiger partial charge in [0, 0.05) is 5.02 Å². The second-order valence-corrected chi connectivity index (χ2v) is 5.30. The van der Waals surface area contributed by atoms with Crippen LogP contribution >= 0.6 is 11.6 Å². The highest BCUT2D eigenvalue weighted by atomic mass is 35.5. The monoisotopic (exact) mass is 248 g/mol. The minimum atomic E-state index is -3.27. The van der Waals surface area contributed by atoms with Crippen LogP contribution in [-0.4, -0.2) is 22.1 Å². The fourth-order valence-electron chi connectivity index (χ4n) is 1.03. The lowest BCUT2D eigenvalue weighted by Gasteiger charge is -2.05. The van der Waals surface area contributed by atoms with E-state index in [1.54, 1.807) is 31.3 Å². The van der Waals surface area contributed by atoms with Crippen molar-refractivity contribution < 1.29 is 8.42 Å². The summed E-state index contributed by atoms with van der Waals surface area (Å²) in [6.45, 7) is 0.232. The van der Waals surface area contributed by atoms with Crippen molar-refractivity contribution in [3.8, 4) is 0 Å². The van der Waals surface area contributed by atoms with Gasteiger partial charge in [0.1, 0.15) is 0 Å². The molecule has 0 aliphatic carbocycles. The van der Waals surface area contributed by atoms with E-state index in [2.05, 4.69) is 10.0 Å². The van der Waals surface area contributed by atoms with Crippen molar-refractivity contribution in [2.75, 3.05) is 13.7 Å². The Balaban J connectivity index is 2.65. The van der Waals surface area contributed by atoms with Crippen LogP contribution in [0.4, 0.5) is 0 Å². The molecule has 0 bridgehead atoms.